The predicted octanol–water partition coefficient (Wildman–Crippen LogP) is 6.25. The maximum Gasteiger partial charge on any atom is 0.336 e. The van der Waals surface area contributed by atoms with Gasteiger partial charge in [0.15, 0.2) is 0 Å². The molecule has 192 valence electrons. The van der Waals surface area contributed by atoms with Crippen molar-refractivity contribution >= 4 is 17.6 Å². The summed E-state index contributed by atoms with van der Waals surface area (Å²) in [6.45, 7) is 5.95. The van der Waals surface area contributed by atoms with Gasteiger partial charge in [0, 0.05) is 12.1 Å². The van der Waals surface area contributed by atoms with Gasteiger partial charge in [0.25, 0.3) is 5.91 Å². The van der Waals surface area contributed by atoms with Crippen LogP contribution >= 0.6 is 0 Å². The monoisotopic (exact) mass is 506 g/mol. The first-order valence-electron chi connectivity index (χ1n) is 12.7. The minimum atomic E-state index is -0.938. The molecule has 0 aromatic heterocycles. The van der Waals surface area contributed by atoms with Gasteiger partial charge >= 0.3 is 5.97 Å². The molecule has 1 aliphatic heterocycles. The van der Waals surface area contributed by atoms with Gasteiger partial charge in [-0.05, 0) is 60.4 Å². The third-order valence-corrected chi connectivity index (χ3v) is 6.87. The highest BCUT2D eigenvalue weighted by Gasteiger charge is 2.21. The van der Waals surface area contributed by atoms with Crippen LogP contribution < -0.4 is 15.0 Å². The van der Waals surface area contributed by atoms with E-state index in [0.717, 1.165) is 34.5 Å². The van der Waals surface area contributed by atoms with Crippen LogP contribution in [-0.4, -0.2) is 30.1 Å². The van der Waals surface area contributed by atoms with Crippen molar-refractivity contribution in [2.24, 2.45) is 0 Å². The minimum Gasteiger partial charge on any atom is -0.490 e. The van der Waals surface area contributed by atoms with Gasteiger partial charge in [0.05, 0.1) is 23.8 Å². The number of hydrogen-bond donors (Lipinski definition) is 2. The molecule has 0 aliphatic carbocycles. The number of amides is 1. The molecule has 0 spiro atoms. The Morgan fingerprint density at radius 3 is 2.53 bits per heavy atom. The van der Waals surface area contributed by atoms with Gasteiger partial charge in [-0.2, -0.15) is 0 Å². The number of aryl methyl sites for hydroxylation is 1. The Bertz CT molecular complexity index is 1480. The second-order valence-electron chi connectivity index (χ2n) is 9.61. The number of anilines is 1. The van der Waals surface area contributed by atoms with Crippen LogP contribution in [0.1, 0.15) is 50.4 Å². The van der Waals surface area contributed by atoms with Crippen LogP contribution in [-0.2, 0) is 6.54 Å². The van der Waals surface area contributed by atoms with Crippen molar-refractivity contribution < 1.29 is 19.4 Å². The Labute approximate surface area is 222 Å². The smallest absolute Gasteiger partial charge is 0.336 e. The second-order valence-corrected chi connectivity index (χ2v) is 9.61. The molecule has 0 saturated heterocycles. The minimum absolute atomic E-state index is 0.110. The van der Waals surface area contributed by atoms with E-state index < -0.39 is 5.97 Å². The van der Waals surface area contributed by atoms with E-state index in [1.54, 1.807) is 12.1 Å². The summed E-state index contributed by atoms with van der Waals surface area (Å²) >= 11 is 0. The number of carboxylic acid groups (broad SMARTS) is 1. The summed E-state index contributed by atoms with van der Waals surface area (Å²) in [6, 6.07) is 28.6. The molecule has 0 radical (unpaired) electrons. The number of nitrogens with one attached hydrogen (secondary N) is 1. The normalized spacial score (nSPS) is 13.3. The third kappa shape index (κ3) is 5.39. The van der Waals surface area contributed by atoms with Crippen LogP contribution in [0.3, 0.4) is 0 Å². The van der Waals surface area contributed by atoms with E-state index in [-0.39, 0.29) is 17.5 Å². The number of rotatable bonds is 7. The van der Waals surface area contributed by atoms with E-state index in [2.05, 4.69) is 16.3 Å². The SMILES string of the molecule is Cc1cccc([C@H](C)NC(=O)c2ccc3c(c2)OCCN3Cc2ccc(-c3ccccc3C(=O)O)cc2)c1. The second kappa shape index (κ2) is 10.8. The molecule has 1 heterocycles. The summed E-state index contributed by atoms with van der Waals surface area (Å²) in [7, 11) is 0. The summed E-state index contributed by atoms with van der Waals surface area (Å²) in [5.74, 6) is -0.383. The van der Waals surface area contributed by atoms with Crippen LogP contribution in [0.15, 0.2) is 91.0 Å². The summed E-state index contributed by atoms with van der Waals surface area (Å²) in [5.41, 5.74) is 6.68. The zero-order chi connectivity index (χ0) is 26.6. The van der Waals surface area contributed by atoms with Crippen molar-refractivity contribution in [3.63, 3.8) is 0 Å². The van der Waals surface area contributed by atoms with Gasteiger partial charge < -0.3 is 20.1 Å². The first kappa shape index (κ1) is 25.1. The molecule has 0 unspecified atom stereocenters. The first-order chi connectivity index (χ1) is 18.4. The zero-order valence-corrected chi connectivity index (χ0v) is 21.5. The Balaban J connectivity index is 1.29. The molecule has 2 N–H and O–H groups in total. The molecular formula is C32H30N2O4. The topological polar surface area (TPSA) is 78.9 Å². The summed E-state index contributed by atoms with van der Waals surface area (Å²) in [4.78, 5) is 26.8. The molecular weight excluding hydrogens is 476 g/mol. The molecule has 0 bridgehead atoms. The number of ether oxygens (including phenoxy) is 1. The molecule has 6 heteroatoms. The maximum atomic E-state index is 13.0. The van der Waals surface area contributed by atoms with Crippen LogP contribution in [0, 0.1) is 6.92 Å². The molecule has 4 aromatic rings. The highest BCUT2D eigenvalue weighted by Crippen LogP contribution is 2.34. The van der Waals surface area contributed by atoms with E-state index in [1.165, 1.54) is 0 Å². The van der Waals surface area contributed by atoms with E-state index in [4.69, 9.17) is 4.74 Å². The molecule has 4 aromatic carbocycles. The third-order valence-electron chi connectivity index (χ3n) is 6.87. The zero-order valence-electron chi connectivity index (χ0n) is 21.5. The van der Waals surface area contributed by atoms with Crippen LogP contribution in [0.25, 0.3) is 11.1 Å². The fourth-order valence-electron chi connectivity index (χ4n) is 4.82. The quantitative estimate of drug-likeness (QED) is 0.310. The number of carbonyl (C=O) groups excluding carboxylic acids is 1. The van der Waals surface area contributed by atoms with Gasteiger partial charge in [-0.1, -0.05) is 72.3 Å². The highest BCUT2D eigenvalue weighted by molar-refractivity contribution is 5.96. The van der Waals surface area contributed by atoms with Crippen molar-refractivity contribution in [2.45, 2.75) is 26.4 Å². The average Bonchev–Trinajstić information content (AvgIpc) is 2.93. The van der Waals surface area contributed by atoms with E-state index in [9.17, 15) is 14.7 Å². The number of aromatic carboxylic acids is 1. The lowest BCUT2D eigenvalue weighted by Gasteiger charge is -2.31. The number of carbonyl (C=O) groups is 2. The van der Waals surface area contributed by atoms with Crippen molar-refractivity contribution in [1.29, 1.82) is 0 Å². The fraction of sp³-hybridized carbons (Fsp3) is 0.188. The number of benzene rings is 4. The fourth-order valence-corrected chi connectivity index (χ4v) is 4.82. The largest absolute Gasteiger partial charge is 0.490 e. The number of carboxylic acids is 1. The van der Waals surface area contributed by atoms with Crippen LogP contribution in [0.2, 0.25) is 0 Å². The average molecular weight is 507 g/mol. The first-order valence-corrected chi connectivity index (χ1v) is 12.7. The highest BCUT2D eigenvalue weighted by atomic mass is 16.5. The van der Waals surface area contributed by atoms with Gasteiger partial charge in [-0.15, -0.1) is 0 Å². The summed E-state index contributed by atoms with van der Waals surface area (Å²) in [6.07, 6.45) is 0. The van der Waals surface area contributed by atoms with Gasteiger partial charge in [-0.3, -0.25) is 4.79 Å². The molecule has 0 fully saturated rings. The van der Waals surface area contributed by atoms with E-state index in [0.29, 0.717) is 30.0 Å². The van der Waals surface area contributed by atoms with Crippen molar-refractivity contribution in [2.75, 3.05) is 18.1 Å². The molecule has 1 amide bonds. The molecule has 0 saturated carbocycles. The summed E-state index contributed by atoms with van der Waals surface area (Å²) in [5, 5.41) is 12.6. The van der Waals surface area contributed by atoms with Crippen molar-refractivity contribution in [3.05, 3.63) is 119 Å². The van der Waals surface area contributed by atoms with Crippen molar-refractivity contribution in [3.8, 4) is 16.9 Å². The van der Waals surface area contributed by atoms with E-state index in [1.807, 2.05) is 86.6 Å². The molecule has 1 atom stereocenters. The lowest BCUT2D eigenvalue weighted by Crippen LogP contribution is -2.32. The lowest BCUT2D eigenvalue weighted by molar-refractivity contribution is 0.0697. The molecule has 5 rings (SSSR count). The number of hydrogen-bond acceptors (Lipinski definition) is 4. The van der Waals surface area contributed by atoms with Crippen LogP contribution in [0.5, 0.6) is 5.75 Å². The molecule has 1 aliphatic rings. The standard InChI is InChI=1S/C32H30N2O4/c1-21-6-5-7-25(18-21)22(2)33-31(35)26-14-15-29-30(19-26)38-17-16-34(29)20-23-10-12-24(13-11-23)27-8-3-4-9-28(27)32(36)37/h3-15,18-19,22H,16-17,20H2,1-2H3,(H,33,35)(H,36,37)/t22-/m0/s1. The van der Waals surface area contributed by atoms with Gasteiger partial charge in [-0.25, -0.2) is 4.79 Å². The lowest BCUT2D eigenvalue weighted by atomic mass is 9.98. The number of fused-ring (bicyclic) bond motifs is 1. The Morgan fingerprint density at radius 1 is 0.974 bits per heavy atom. The van der Waals surface area contributed by atoms with Gasteiger partial charge in [0.2, 0.25) is 0 Å². The van der Waals surface area contributed by atoms with Crippen molar-refractivity contribution in [1.82, 2.24) is 5.32 Å². The Hall–Kier alpha value is -4.58. The molecule has 38 heavy (non-hydrogen) atoms. The van der Waals surface area contributed by atoms with E-state index >= 15 is 0 Å². The maximum absolute atomic E-state index is 13.0. The summed E-state index contributed by atoms with van der Waals surface area (Å²) < 4.78 is 5.92. The molecule has 6 nitrogen and oxygen atoms in total. The Kier molecular flexibility index (Phi) is 7.13. The number of nitrogens with zero attached hydrogens (tertiary/aromatic N) is 1. The predicted molar refractivity (Wildman–Crippen MR) is 149 cm³/mol. The van der Waals surface area contributed by atoms with Gasteiger partial charge in [0.1, 0.15) is 12.4 Å². The van der Waals surface area contributed by atoms with Crippen LogP contribution in [0.4, 0.5) is 5.69 Å². The Morgan fingerprint density at radius 2 is 1.76 bits per heavy atom.